The van der Waals surface area contributed by atoms with Gasteiger partial charge in [-0.3, -0.25) is 15.5 Å². The number of furan rings is 1. The van der Waals surface area contributed by atoms with Gasteiger partial charge in [-0.25, -0.2) is 5.01 Å². The maximum absolute atomic E-state index is 11.0. The highest BCUT2D eigenvalue weighted by molar-refractivity contribution is 6.06. The molecule has 5 aromatic rings. The predicted octanol–water partition coefficient (Wildman–Crippen LogP) is 7.09. The highest BCUT2D eigenvalue weighted by Gasteiger charge is 2.34. The second-order valence-electron chi connectivity index (χ2n) is 8.90. The second kappa shape index (κ2) is 9.23. The molecule has 37 heavy (non-hydrogen) atoms. The summed E-state index contributed by atoms with van der Waals surface area (Å²) in [5.74, 6) is 1.38. The number of hydrogen-bond donors (Lipinski definition) is 1. The number of anilines is 1. The van der Waals surface area contributed by atoms with Gasteiger partial charge in [-0.05, 0) is 64.4 Å². The smallest absolute Gasteiger partial charge is 0.269 e. The van der Waals surface area contributed by atoms with E-state index in [2.05, 4.69) is 65.1 Å². The van der Waals surface area contributed by atoms with Crippen LogP contribution in [0.15, 0.2) is 112 Å². The van der Waals surface area contributed by atoms with Crippen LogP contribution >= 0.6 is 0 Å². The summed E-state index contributed by atoms with van der Waals surface area (Å²) in [4.78, 5) is 10.5. The third-order valence-corrected chi connectivity index (χ3v) is 6.62. The van der Waals surface area contributed by atoms with E-state index in [9.17, 15) is 10.1 Å². The maximum atomic E-state index is 11.0. The number of nitro benzene ring substituents is 1. The van der Waals surface area contributed by atoms with Crippen LogP contribution in [0, 0.1) is 10.1 Å². The number of amidine groups is 1. The number of nitrogens with one attached hydrogen (secondary N) is 1. The first-order valence-electron chi connectivity index (χ1n) is 11.9. The second-order valence-corrected chi connectivity index (χ2v) is 8.90. The lowest BCUT2D eigenvalue weighted by molar-refractivity contribution is -0.384. The average molecular weight is 490 g/mol. The molecule has 0 saturated heterocycles. The summed E-state index contributed by atoms with van der Waals surface area (Å²) in [5.41, 5.74) is 5.72. The molecule has 182 valence electrons. The summed E-state index contributed by atoms with van der Waals surface area (Å²) in [7, 11) is 0. The standard InChI is InChI=1S/C29H23N5O3/c1-19(30-31-22-12-14-23(15-13-22)34(35)36)33-27(18-26(32-33)28-11-6-16-37-28)29-24-9-4-2-7-20(24)17-21-8-3-5-10-25(21)29/h2-17,27,31H,18H2,1H3/b30-19-. The first kappa shape index (κ1) is 22.5. The van der Waals surface area contributed by atoms with Gasteiger partial charge in [0, 0.05) is 18.6 Å². The topological polar surface area (TPSA) is 96.3 Å². The van der Waals surface area contributed by atoms with Crippen molar-refractivity contribution in [2.75, 3.05) is 5.43 Å². The average Bonchev–Trinajstić information content (AvgIpc) is 3.61. The largest absolute Gasteiger partial charge is 0.463 e. The van der Waals surface area contributed by atoms with Gasteiger partial charge in [-0.2, -0.15) is 10.2 Å². The van der Waals surface area contributed by atoms with Gasteiger partial charge in [0.2, 0.25) is 0 Å². The van der Waals surface area contributed by atoms with E-state index in [4.69, 9.17) is 9.52 Å². The number of benzene rings is 4. The molecule has 1 aliphatic rings. The molecule has 4 aromatic carbocycles. The molecule has 1 unspecified atom stereocenters. The molecule has 8 heteroatoms. The Bertz CT molecular complexity index is 1620. The van der Waals surface area contributed by atoms with Crippen molar-refractivity contribution >= 4 is 44.5 Å². The molecular weight excluding hydrogens is 466 g/mol. The molecule has 0 aliphatic carbocycles. The fourth-order valence-electron chi connectivity index (χ4n) is 4.89. The molecule has 0 radical (unpaired) electrons. The number of non-ortho nitro benzene ring substituents is 1. The zero-order valence-corrected chi connectivity index (χ0v) is 20.0. The number of fused-ring (bicyclic) bond motifs is 2. The first-order valence-corrected chi connectivity index (χ1v) is 11.9. The Labute approximate surface area is 212 Å². The van der Waals surface area contributed by atoms with Crippen LogP contribution < -0.4 is 5.43 Å². The number of nitro groups is 1. The van der Waals surface area contributed by atoms with Crippen molar-refractivity contribution < 1.29 is 9.34 Å². The molecule has 0 fully saturated rings. The lowest BCUT2D eigenvalue weighted by Crippen LogP contribution is -2.26. The molecule has 1 aliphatic heterocycles. The van der Waals surface area contributed by atoms with Crippen molar-refractivity contribution in [3.63, 3.8) is 0 Å². The zero-order valence-electron chi connectivity index (χ0n) is 20.0. The van der Waals surface area contributed by atoms with E-state index in [0.717, 1.165) is 11.5 Å². The molecule has 0 bridgehead atoms. The highest BCUT2D eigenvalue weighted by atomic mass is 16.6. The Morgan fingerprint density at radius 1 is 1.00 bits per heavy atom. The van der Waals surface area contributed by atoms with Gasteiger partial charge in [0.05, 0.1) is 22.9 Å². The zero-order chi connectivity index (χ0) is 25.4. The van der Waals surface area contributed by atoms with E-state index in [1.165, 1.54) is 39.2 Å². The van der Waals surface area contributed by atoms with Crippen LogP contribution in [-0.4, -0.2) is 21.5 Å². The van der Waals surface area contributed by atoms with E-state index in [1.54, 1.807) is 18.4 Å². The third-order valence-electron chi connectivity index (χ3n) is 6.62. The predicted molar refractivity (Wildman–Crippen MR) is 146 cm³/mol. The van der Waals surface area contributed by atoms with Crippen LogP contribution in [0.25, 0.3) is 21.5 Å². The van der Waals surface area contributed by atoms with Gasteiger partial charge in [-0.15, -0.1) is 0 Å². The summed E-state index contributed by atoms with van der Waals surface area (Å²) in [6.45, 7) is 1.90. The fourth-order valence-corrected chi connectivity index (χ4v) is 4.89. The van der Waals surface area contributed by atoms with Crippen molar-refractivity contribution in [2.45, 2.75) is 19.4 Å². The van der Waals surface area contributed by atoms with Crippen molar-refractivity contribution in [3.05, 3.63) is 119 Å². The Hall–Kier alpha value is -4.98. The Balaban J connectivity index is 1.44. The summed E-state index contributed by atoms with van der Waals surface area (Å²) in [6, 6.07) is 28.9. The highest BCUT2D eigenvalue weighted by Crippen LogP contribution is 2.41. The number of hydrazone groups is 2. The van der Waals surface area contributed by atoms with Gasteiger partial charge in [0.15, 0.2) is 0 Å². The summed E-state index contributed by atoms with van der Waals surface area (Å²) >= 11 is 0. The van der Waals surface area contributed by atoms with Crippen molar-refractivity contribution in [1.29, 1.82) is 0 Å². The van der Waals surface area contributed by atoms with Gasteiger partial charge < -0.3 is 4.42 Å². The van der Waals surface area contributed by atoms with Crippen LogP contribution in [0.5, 0.6) is 0 Å². The van der Waals surface area contributed by atoms with Gasteiger partial charge >= 0.3 is 0 Å². The van der Waals surface area contributed by atoms with Gasteiger partial charge in [0.25, 0.3) is 5.69 Å². The van der Waals surface area contributed by atoms with Crippen molar-refractivity contribution in [1.82, 2.24) is 5.01 Å². The number of rotatable bonds is 5. The lowest BCUT2D eigenvalue weighted by atomic mass is 9.90. The SMILES string of the molecule is C/C(=N/Nc1ccc([N+](=O)[O-])cc1)N1N=C(c2ccco2)CC1c1c2ccccc2cc2ccccc12. The monoisotopic (exact) mass is 489 g/mol. The van der Waals surface area contributed by atoms with E-state index in [-0.39, 0.29) is 11.7 Å². The molecule has 2 heterocycles. The first-order chi connectivity index (χ1) is 18.1. The van der Waals surface area contributed by atoms with Crippen LogP contribution in [-0.2, 0) is 0 Å². The molecule has 8 nitrogen and oxygen atoms in total. The molecule has 0 saturated carbocycles. The molecule has 1 atom stereocenters. The quantitative estimate of drug-likeness (QED) is 0.0934. The minimum absolute atomic E-state index is 0.0291. The third kappa shape index (κ3) is 4.18. The van der Waals surface area contributed by atoms with Crippen LogP contribution in [0.2, 0.25) is 0 Å². The summed E-state index contributed by atoms with van der Waals surface area (Å²) < 4.78 is 5.70. The van der Waals surface area contributed by atoms with Gasteiger partial charge in [-0.1, -0.05) is 48.5 Å². The van der Waals surface area contributed by atoms with E-state index >= 15 is 0 Å². The number of nitrogens with zero attached hydrogens (tertiary/aromatic N) is 4. The lowest BCUT2D eigenvalue weighted by Gasteiger charge is -2.26. The Morgan fingerprint density at radius 2 is 1.68 bits per heavy atom. The number of hydrogen-bond acceptors (Lipinski definition) is 6. The molecule has 0 amide bonds. The molecule has 1 N–H and O–H groups in total. The normalized spacial score (nSPS) is 15.8. The van der Waals surface area contributed by atoms with Crippen LogP contribution in [0.4, 0.5) is 11.4 Å². The minimum atomic E-state index is -0.424. The van der Waals surface area contributed by atoms with E-state index < -0.39 is 4.92 Å². The maximum Gasteiger partial charge on any atom is 0.269 e. The fraction of sp³-hybridized carbons (Fsp3) is 0.103. The van der Waals surface area contributed by atoms with Crippen molar-refractivity contribution in [2.24, 2.45) is 10.2 Å². The van der Waals surface area contributed by atoms with E-state index in [1.807, 2.05) is 24.1 Å². The van der Waals surface area contributed by atoms with Gasteiger partial charge in [0.1, 0.15) is 17.3 Å². The van der Waals surface area contributed by atoms with E-state index in [0.29, 0.717) is 17.9 Å². The molecule has 6 rings (SSSR count). The molecule has 1 aromatic heterocycles. The Morgan fingerprint density at radius 3 is 2.30 bits per heavy atom. The van der Waals surface area contributed by atoms with Crippen LogP contribution in [0.3, 0.4) is 0 Å². The minimum Gasteiger partial charge on any atom is -0.463 e. The van der Waals surface area contributed by atoms with Crippen molar-refractivity contribution in [3.8, 4) is 0 Å². The molecular formula is C29H23N5O3. The molecule has 0 spiro atoms. The summed E-state index contributed by atoms with van der Waals surface area (Å²) in [6.07, 6.45) is 2.30. The van der Waals surface area contributed by atoms with Crippen LogP contribution in [0.1, 0.15) is 30.7 Å². The summed E-state index contributed by atoms with van der Waals surface area (Å²) in [5, 5.41) is 27.1. The Kier molecular flexibility index (Phi) is 5.61.